The number of amides is 1. The van der Waals surface area contributed by atoms with Crippen LogP contribution in [0.15, 0.2) is 62.9 Å². The second-order valence-electron chi connectivity index (χ2n) is 6.06. The van der Waals surface area contributed by atoms with Gasteiger partial charge in [0.2, 0.25) is 0 Å². The highest BCUT2D eigenvalue weighted by atomic mass is 79.9. The van der Waals surface area contributed by atoms with Crippen molar-refractivity contribution in [1.29, 1.82) is 0 Å². The standard InChI is InChI=1S/C18H16BrN3OS/c1-22-16(23)18(21-17(22)20)10-15(11-5-3-2-4-6-11)24-14-8-7-12(19)9-13(14)18/h2-9,15H,10H2,1H3,(H2,20,21). The highest BCUT2D eigenvalue weighted by Gasteiger charge is 2.52. The van der Waals surface area contributed by atoms with E-state index in [1.54, 1.807) is 18.8 Å². The molecular formula is C18H16BrN3OS. The molecule has 0 aliphatic carbocycles. The predicted molar refractivity (Wildman–Crippen MR) is 99.9 cm³/mol. The molecule has 0 aromatic heterocycles. The maximum atomic E-state index is 13.1. The summed E-state index contributed by atoms with van der Waals surface area (Å²) in [5, 5.41) is 0.159. The van der Waals surface area contributed by atoms with Gasteiger partial charge in [0.1, 0.15) is 0 Å². The molecule has 2 aromatic rings. The molecule has 6 heteroatoms. The van der Waals surface area contributed by atoms with Crippen LogP contribution in [-0.4, -0.2) is 23.8 Å². The first-order valence-corrected chi connectivity index (χ1v) is 9.34. The minimum atomic E-state index is -0.927. The maximum absolute atomic E-state index is 13.1. The molecule has 122 valence electrons. The van der Waals surface area contributed by atoms with Crippen LogP contribution in [0.1, 0.15) is 22.8 Å². The summed E-state index contributed by atoms with van der Waals surface area (Å²) in [7, 11) is 1.69. The molecule has 0 fully saturated rings. The summed E-state index contributed by atoms with van der Waals surface area (Å²) >= 11 is 5.30. The predicted octanol–water partition coefficient (Wildman–Crippen LogP) is 3.67. The van der Waals surface area contributed by atoms with E-state index in [1.807, 2.05) is 30.3 Å². The number of aliphatic imine (C=N–C) groups is 1. The Labute approximate surface area is 153 Å². The molecule has 2 atom stereocenters. The van der Waals surface area contributed by atoms with Crippen LogP contribution < -0.4 is 5.73 Å². The number of nitrogens with zero attached hydrogens (tertiary/aromatic N) is 2. The van der Waals surface area contributed by atoms with Crippen LogP contribution >= 0.6 is 27.7 Å². The van der Waals surface area contributed by atoms with E-state index in [1.165, 1.54) is 10.5 Å². The summed E-state index contributed by atoms with van der Waals surface area (Å²) in [6.45, 7) is 0. The summed E-state index contributed by atoms with van der Waals surface area (Å²) < 4.78 is 0.940. The molecule has 4 nitrogen and oxygen atoms in total. The third kappa shape index (κ3) is 2.28. The van der Waals surface area contributed by atoms with Gasteiger partial charge in [0.25, 0.3) is 5.91 Å². The van der Waals surface area contributed by atoms with Crippen LogP contribution in [0, 0.1) is 0 Å². The van der Waals surface area contributed by atoms with Crippen LogP contribution in [0.25, 0.3) is 0 Å². The molecule has 2 unspecified atom stereocenters. The topological polar surface area (TPSA) is 58.7 Å². The number of carbonyl (C=O) groups excluding carboxylic acids is 1. The number of fused-ring (bicyclic) bond motifs is 2. The van der Waals surface area contributed by atoms with E-state index < -0.39 is 5.54 Å². The van der Waals surface area contributed by atoms with Gasteiger partial charge in [-0.15, -0.1) is 11.8 Å². The van der Waals surface area contributed by atoms with E-state index in [0.29, 0.717) is 6.42 Å². The monoisotopic (exact) mass is 401 g/mol. The minimum Gasteiger partial charge on any atom is -0.369 e. The first-order chi connectivity index (χ1) is 11.5. The second-order valence-corrected chi connectivity index (χ2v) is 8.22. The number of nitrogens with two attached hydrogens (primary N) is 1. The van der Waals surface area contributed by atoms with E-state index in [-0.39, 0.29) is 17.1 Å². The van der Waals surface area contributed by atoms with Gasteiger partial charge in [-0.2, -0.15) is 0 Å². The SMILES string of the molecule is CN1C(=O)C2(CC(c3ccccc3)Sc3ccc(Br)cc32)N=C1N. The molecule has 2 aromatic carbocycles. The number of carbonyl (C=O) groups is 1. The van der Waals surface area contributed by atoms with Crippen molar-refractivity contribution in [2.45, 2.75) is 22.1 Å². The van der Waals surface area contributed by atoms with Crippen molar-refractivity contribution in [2.24, 2.45) is 10.7 Å². The van der Waals surface area contributed by atoms with Crippen molar-refractivity contribution in [1.82, 2.24) is 4.90 Å². The number of rotatable bonds is 1. The Bertz CT molecular complexity index is 855. The quantitative estimate of drug-likeness (QED) is 0.792. The molecule has 0 saturated heterocycles. The summed E-state index contributed by atoms with van der Waals surface area (Å²) in [5.41, 5.74) is 7.20. The lowest BCUT2D eigenvalue weighted by atomic mass is 9.83. The van der Waals surface area contributed by atoms with Crippen LogP contribution in [0.4, 0.5) is 0 Å². The van der Waals surface area contributed by atoms with E-state index in [0.717, 1.165) is 14.9 Å². The fraction of sp³-hybridized carbons (Fsp3) is 0.222. The molecule has 4 rings (SSSR count). The third-order valence-corrected chi connectivity index (χ3v) is 6.44. The number of guanidine groups is 1. The third-order valence-electron chi connectivity index (χ3n) is 4.62. The van der Waals surface area contributed by atoms with Gasteiger partial charge in [-0.3, -0.25) is 9.69 Å². The summed E-state index contributed by atoms with van der Waals surface area (Å²) in [6, 6.07) is 16.3. The van der Waals surface area contributed by atoms with E-state index in [2.05, 4.69) is 39.1 Å². The molecule has 0 bridgehead atoms. The Kier molecular flexibility index (Phi) is 3.69. The lowest BCUT2D eigenvalue weighted by molar-refractivity contribution is -0.131. The van der Waals surface area contributed by atoms with Gasteiger partial charge in [-0.25, -0.2) is 4.99 Å². The normalized spacial score (nSPS) is 25.8. The van der Waals surface area contributed by atoms with Crippen LogP contribution in [-0.2, 0) is 10.3 Å². The smallest absolute Gasteiger partial charge is 0.261 e. The number of benzene rings is 2. The van der Waals surface area contributed by atoms with Gasteiger partial charge in [0.05, 0.1) is 0 Å². The summed E-state index contributed by atoms with van der Waals surface area (Å²) in [5.74, 6) is 0.227. The number of likely N-dealkylation sites (N-methyl/N-ethyl adjacent to an activating group) is 1. The Balaban J connectivity index is 1.89. The van der Waals surface area contributed by atoms with E-state index in [9.17, 15) is 4.79 Å². The molecule has 0 radical (unpaired) electrons. The summed E-state index contributed by atoms with van der Waals surface area (Å²) in [4.78, 5) is 20.2. The fourth-order valence-corrected chi connectivity index (χ4v) is 5.15. The van der Waals surface area contributed by atoms with Gasteiger partial charge in [0.15, 0.2) is 11.5 Å². The lowest BCUT2D eigenvalue weighted by Gasteiger charge is -2.36. The molecule has 2 aliphatic heterocycles. The Morgan fingerprint density at radius 2 is 2.04 bits per heavy atom. The molecule has 2 heterocycles. The highest BCUT2D eigenvalue weighted by molar-refractivity contribution is 9.10. The van der Waals surface area contributed by atoms with Crippen molar-refractivity contribution in [3.8, 4) is 0 Å². The maximum Gasteiger partial charge on any atom is 0.261 e. The highest BCUT2D eigenvalue weighted by Crippen LogP contribution is 2.55. The second kappa shape index (κ2) is 5.63. The molecule has 1 amide bonds. The van der Waals surface area contributed by atoms with Crippen molar-refractivity contribution in [3.63, 3.8) is 0 Å². The van der Waals surface area contributed by atoms with Crippen molar-refractivity contribution in [2.75, 3.05) is 7.05 Å². The number of hydrogen-bond acceptors (Lipinski definition) is 4. The molecule has 0 saturated carbocycles. The Morgan fingerprint density at radius 1 is 1.29 bits per heavy atom. The van der Waals surface area contributed by atoms with Crippen LogP contribution in [0.2, 0.25) is 0 Å². The average Bonchev–Trinajstić information content (AvgIpc) is 2.81. The Hall–Kier alpha value is -1.79. The largest absolute Gasteiger partial charge is 0.369 e. The number of thioether (sulfide) groups is 1. The van der Waals surface area contributed by atoms with E-state index in [4.69, 9.17) is 5.73 Å². The van der Waals surface area contributed by atoms with Crippen molar-refractivity contribution >= 4 is 39.6 Å². The van der Waals surface area contributed by atoms with Crippen LogP contribution in [0.3, 0.4) is 0 Å². The van der Waals surface area contributed by atoms with E-state index >= 15 is 0 Å². The zero-order valence-corrected chi connectivity index (χ0v) is 15.5. The molecule has 2 aliphatic rings. The van der Waals surface area contributed by atoms with Gasteiger partial charge in [0, 0.05) is 33.7 Å². The number of halogens is 1. The van der Waals surface area contributed by atoms with Gasteiger partial charge in [-0.1, -0.05) is 46.3 Å². The molecule has 24 heavy (non-hydrogen) atoms. The van der Waals surface area contributed by atoms with Crippen LogP contribution in [0.5, 0.6) is 0 Å². The fourth-order valence-electron chi connectivity index (χ4n) is 3.36. The first kappa shape index (κ1) is 15.7. The molecular weight excluding hydrogens is 386 g/mol. The van der Waals surface area contributed by atoms with Gasteiger partial charge < -0.3 is 5.73 Å². The average molecular weight is 402 g/mol. The number of hydrogen-bond donors (Lipinski definition) is 1. The summed E-state index contributed by atoms with van der Waals surface area (Å²) in [6.07, 6.45) is 0.606. The Morgan fingerprint density at radius 3 is 2.71 bits per heavy atom. The zero-order valence-electron chi connectivity index (χ0n) is 13.1. The molecule has 2 N–H and O–H groups in total. The van der Waals surface area contributed by atoms with Gasteiger partial charge >= 0.3 is 0 Å². The van der Waals surface area contributed by atoms with Crippen molar-refractivity contribution in [3.05, 3.63) is 64.1 Å². The first-order valence-electron chi connectivity index (χ1n) is 7.66. The zero-order chi connectivity index (χ0) is 16.9. The lowest BCUT2D eigenvalue weighted by Crippen LogP contribution is -2.42. The molecule has 1 spiro atoms. The van der Waals surface area contributed by atoms with Crippen molar-refractivity contribution < 1.29 is 4.79 Å². The minimum absolute atomic E-state index is 0.0550. The van der Waals surface area contributed by atoms with Gasteiger partial charge in [-0.05, 0) is 23.8 Å².